The minimum absolute atomic E-state index is 0.125. The third-order valence-electron chi connectivity index (χ3n) is 7.12. The first-order valence-electron chi connectivity index (χ1n) is 13.6. The van der Waals surface area contributed by atoms with E-state index in [0.717, 1.165) is 4.90 Å². The van der Waals surface area contributed by atoms with Crippen LogP contribution in [0.25, 0.3) is 5.53 Å². The number of Topliss-reactive ketones (excluding diaryl/α,β-unsaturated/α-hetero) is 1. The van der Waals surface area contributed by atoms with Gasteiger partial charge in [0.1, 0.15) is 19.8 Å². The van der Waals surface area contributed by atoms with Crippen LogP contribution in [0.4, 0.5) is 16.2 Å². The molecule has 18 nitrogen and oxygen atoms in total. The number of hydrogen-bond donors (Lipinski definition) is 2. The molecule has 0 unspecified atom stereocenters. The number of non-ortho nitro benzene ring substituents is 2. The van der Waals surface area contributed by atoms with E-state index in [4.69, 9.17) is 9.47 Å². The third-order valence-corrected chi connectivity index (χ3v) is 7.12. The molecule has 242 valence electrons. The van der Waals surface area contributed by atoms with E-state index < -0.39 is 75.7 Å². The van der Waals surface area contributed by atoms with Crippen LogP contribution in [0.1, 0.15) is 25.0 Å². The number of nitro groups is 2. The van der Waals surface area contributed by atoms with Crippen LogP contribution in [-0.4, -0.2) is 80.6 Å². The van der Waals surface area contributed by atoms with Gasteiger partial charge in [0.05, 0.1) is 21.8 Å². The molecule has 3 rings (SSSR count). The van der Waals surface area contributed by atoms with Gasteiger partial charge in [0.2, 0.25) is 11.8 Å². The number of hydrogen-bond acceptors (Lipinski definition) is 11. The lowest BCUT2D eigenvalue weighted by Gasteiger charge is -2.42. The second-order valence-corrected chi connectivity index (χ2v) is 10.4. The lowest BCUT2D eigenvalue weighted by atomic mass is 9.75. The number of nitro benzene ring substituents is 2. The van der Waals surface area contributed by atoms with Crippen LogP contribution in [-0.2, 0) is 41.9 Å². The fraction of sp³-hybridized carbons (Fsp3) is 0.357. The molecule has 0 radical (unpaired) electrons. The van der Waals surface area contributed by atoms with Crippen molar-refractivity contribution in [3.8, 4) is 0 Å². The van der Waals surface area contributed by atoms with Crippen molar-refractivity contribution in [2.24, 2.45) is 11.8 Å². The molecular weight excluding hydrogens is 610 g/mol. The smallest absolute Gasteiger partial charge is 0.441 e. The van der Waals surface area contributed by atoms with E-state index in [1.54, 1.807) is 0 Å². The minimum Gasteiger partial charge on any atom is -0.452 e. The van der Waals surface area contributed by atoms with Crippen molar-refractivity contribution in [1.29, 1.82) is 0 Å². The van der Waals surface area contributed by atoms with Crippen molar-refractivity contribution < 1.29 is 48.1 Å². The van der Waals surface area contributed by atoms with Crippen molar-refractivity contribution in [1.82, 2.24) is 15.5 Å². The summed E-state index contributed by atoms with van der Waals surface area (Å²) in [5.74, 6) is -5.34. The van der Waals surface area contributed by atoms with Gasteiger partial charge in [0.25, 0.3) is 17.2 Å². The first-order chi connectivity index (χ1) is 21.7. The van der Waals surface area contributed by atoms with Crippen LogP contribution >= 0.6 is 0 Å². The lowest BCUT2D eigenvalue weighted by Crippen LogP contribution is -2.68. The SMILES string of the molecule is C[C@@H](NC(=O)CN(C)C(=O)OCc1ccc([N+](=O)[O-])cc1)[C@H]1C(=O)N[C@@H]1[C@@H](C)C(=O)C(=[N+]=[N-])C(=O)OCc1ccc([N+](=O)[O-])cc1. The van der Waals surface area contributed by atoms with E-state index in [-0.39, 0.29) is 24.6 Å². The van der Waals surface area contributed by atoms with Gasteiger partial charge < -0.3 is 30.5 Å². The van der Waals surface area contributed by atoms with E-state index in [1.807, 2.05) is 0 Å². The number of nitrogens with one attached hydrogen (secondary N) is 2. The van der Waals surface area contributed by atoms with Crippen LogP contribution in [0.15, 0.2) is 48.5 Å². The van der Waals surface area contributed by atoms with Crippen molar-refractivity contribution in [2.75, 3.05) is 13.6 Å². The molecule has 0 saturated carbocycles. The molecule has 2 N–H and O–H groups in total. The minimum atomic E-state index is -1.26. The number of esters is 1. The van der Waals surface area contributed by atoms with Crippen LogP contribution < -0.4 is 10.6 Å². The highest BCUT2D eigenvalue weighted by atomic mass is 16.6. The molecule has 0 aromatic heterocycles. The Balaban J connectivity index is 1.51. The summed E-state index contributed by atoms with van der Waals surface area (Å²) < 4.78 is 10.1. The quantitative estimate of drug-likeness (QED) is 0.0435. The molecule has 18 heteroatoms. The maximum atomic E-state index is 13.0. The normalized spacial score (nSPS) is 16.3. The topological polar surface area (TPSA) is 254 Å². The van der Waals surface area contributed by atoms with Gasteiger partial charge in [-0.15, -0.1) is 0 Å². The summed E-state index contributed by atoms with van der Waals surface area (Å²) in [6.07, 6.45) is -0.851. The van der Waals surface area contributed by atoms with E-state index in [2.05, 4.69) is 15.4 Å². The molecule has 46 heavy (non-hydrogen) atoms. The zero-order chi connectivity index (χ0) is 34.1. The zero-order valence-corrected chi connectivity index (χ0v) is 24.8. The number of carbonyl (C=O) groups excluding carboxylic acids is 5. The van der Waals surface area contributed by atoms with Crippen LogP contribution in [0.3, 0.4) is 0 Å². The number of carbonyl (C=O) groups is 5. The molecule has 1 heterocycles. The molecule has 1 fully saturated rings. The average Bonchev–Trinajstić information content (AvgIpc) is 3.01. The molecule has 1 saturated heterocycles. The summed E-state index contributed by atoms with van der Waals surface area (Å²) in [7, 11) is 1.30. The van der Waals surface area contributed by atoms with Crippen molar-refractivity contribution >= 4 is 46.7 Å². The predicted molar refractivity (Wildman–Crippen MR) is 155 cm³/mol. The molecule has 0 aliphatic carbocycles. The highest BCUT2D eigenvalue weighted by molar-refractivity contribution is 6.62. The Morgan fingerprint density at radius 3 is 1.91 bits per heavy atom. The number of rotatable bonds is 14. The number of benzene rings is 2. The average molecular weight is 640 g/mol. The number of β-lactam (4-membered cyclic amide) rings is 1. The van der Waals surface area contributed by atoms with Gasteiger partial charge >= 0.3 is 17.8 Å². The molecular formula is C28H29N7O11. The summed E-state index contributed by atoms with van der Waals surface area (Å²) >= 11 is 0. The van der Waals surface area contributed by atoms with E-state index in [1.165, 1.54) is 69.4 Å². The molecule has 2 aromatic rings. The highest BCUT2D eigenvalue weighted by Crippen LogP contribution is 2.26. The third kappa shape index (κ3) is 8.54. The Morgan fingerprint density at radius 2 is 1.46 bits per heavy atom. The van der Waals surface area contributed by atoms with Crippen molar-refractivity contribution in [3.05, 3.63) is 85.4 Å². The first-order valence-corrected chi connectivity index (χ1v) is 13.6. The van der Waals surface area contributed by atoms with Gasteiger partial charge in [-0.1, -0.05) is 6.92 Å². The Hall–Kier alpha value is -6.03. The fourth-order valence-electron chi connectivity index (χ4n) is 4.53. The Bertz CT molecular complexity index is 1590. The van der Waals surface area contributed by atoms with Crippen LogP contribution in [0.5, 0.6) is 0 Å². The summed E-state index contributed by atoms with van der Waals surface area (Å²) in [4.78, 5) is 86.9. The Morgan fingerprint density at radius 1 is 0.957 bits per heavy atom. The van der Waals surface area contributed by atoms with Gasteiger partial charge in [-0.05, 0) is 42.3 Å². The molecule has 4 atom stereocenters. The molecule has 1 aliphatic heterocycles. The standard InChI is InChI=1S/C28H29N7O11/c1-15(25(37)24(32-29)27(39)45-13-17-4-8-19(9-5-17)34(41)42)23-22(26(38)31-23)16(2)30-21(36)12-33(3)28(40)46-14-18-6-10-20(11-7-18)35(43)44/h4-11,15-16,22-23H,12-14H2,1-3H3,(H,30,36)(H,31,38)/t15-,16-,22-,23-/m1/s1. The Kier molecular flexibility index (Phi) is 11.3. The van der Waals surface area contributed by atoms with Crippen LogP contribution in [0.2, 0.25) is 0 Å². The molecule has 2 aromatic carbocycles. The summed E-state index contributed by atoms with van der Waals surface area (Å²) in [5, 5.41) is 26.7. The summed E-state index contributed by atoms with van der Waals surface area (Å²) in [6, 6.07) is 8.76. The van der Waals surface area contributed by atoms with E-state index in [0.29, 0.717) is 11.1 Å². The fourth-order valence-corrected chi connectivity index (χ4v) is 4.53. The number of ketones is 1. The maximum Gasteiger partial charge on any atom is 0.441 e. The van der Waals surface area contributed by atoms with Gasteiger partial charge in [0, 0.05) is 43.3 Å². The largest absolute Gasteiger partial charge is 0.452 e. The maximum absolute atomic E-state index is 13.0. The van der Waals surface area contributed by atoms with Crippen LogP contribution in [0, 0.1) is 32.1 Å². The summed E-state index contributed by atoms with van der Waals surface area (Å²) in [5.41, 5.74) is 9.00. The number of nitrogens with zero attached hydrogens (tertiary/aromatic N) is 5. The number of likely N-dealkylation sites (N-methyl/N-ethyl adjacent to an activating group) is 1. The molecule has 3 amide bonds. The summed E-state index contributed by atoms with van der Waals surface area (Å²) in [6.45, 7) is 1.88. The van der Waals surface area contributed by atoms with E-state index >= 15 is 0 Å². The predicted octanol–water partition coefficient (Wildman–Crippen LogP) is 1.31. The molecule has 0 spiro atoms. The van der Waals surface area contributed by atoms with Crippen molar-refractivity contribution in [3.63, 3.8) is 0 Å². The second kappa shape index (κ2) is 15.1. The number of ether oxygens (including phenoxy) is 2. The molecule has 0 bridgehead atoms. The number of amides is 3. The molecule has 1 aliphatic rings. The van der Waals surface area contributed by atoms with Gasteiger partial charge in [-0.25, -0.2) is 9.59 Å². The van der Waals surface area contributed by atoms with E-state index in [9.17, 15) is 49.7 Å². The lowest BCUT2D eigenvalue weighted by molar-refractivity contribution is -0.385. The highest BCUT2D eigenvalue weighted by Gasteiger charge is 2.50. The zero-order valence-electron chi connectivity index (χ0n) is 24.8. The Labute approximate surface area is 260 Å². The first kappa shape index (κ1) is 34.5. The van der Waals surface area contributed by atoms with Crippen molar-refractivity contribution in [2.45, 2.75) is 39.1 Å². The van der Waals surface area contributed by atoms with Gasteiger partial charge in [0.15, 0.2) is 0 Å². The second-order valence-electron chi connectivity index (χ2n) is 10.4. The van der Waals surface area contributed by atoms with Gasteiger partial charge in [-0.2, -0.15) is 4.79 Å². The monoisotopic (exact) mass is 639 g/mol. The van der Waals surface area contributed by atoms with Gasteiger partial charge in [-0.3, -0.25) is 34.6 Å².